The monoisotopic (exact) mass is 286 g/mol. The first-order valence-electron chi connectivity index (χ1n) is 6.93. The summed E-state index contributed by atoms with van der Waals surface area (Å²) in [6.07, 6.45) is -0.437. The highest BCUT2D eigenvalue weighted by Crippen LogP contribution is 2.34. The second-order valence-electron chi connectivity index (χ2n) is 6.09. The van der Waals surface area contributed by atoms with Crippen molar-refractivity contribution in [2.24, 2.45) is 0 Å². The Hall–Kier alpha value is -1.25. The SMILES string of the molecule is CC(O)c1ccccc1Sc1ccc(C(C)(C)C)cc1. The fraction of sp³-hybridized carbons (Fsp3) is 0.333. The zero-order chi connectivity index (χ0) is 14.8. The van der Waals surface area contributed by atoms with E-state index in [4.69, 9.17) is 0 Å². The van der Waals surface area contributed by atoms with Gasteiger partial charge in [0, 0.05) is 9.79 Å². The average molecular weight is 286 g/mol. The largest absolute Gasteiger partial charge is 0.389 e. The van der Waals surface area contributed by atoms with Crippen molar-refractivity contribution in [3.05, 3.63) is 59.7 Å². The molecule has 2 aromatic carbocycles. The van der Waals surface area contributed by atoms with Crippen LogP contribution >= 0.6 is 11.8 Å². The maximum absolute atomic E-state index is 9.82. The first-order valence-corrected chi connectivity index (χ1v) is 7.75. The minimum atomic E-state index is -0.437. The molecule has 0 bridgehead atoms. The summed E-state index contributed by atoms with van der Waals surface area (Å²) in [5.74, 6) is 0. The number of aliphatic hydroxyl groups is 1. The summed E-state index contributed by atoms with van der Waals surface area (Å²) in [5.41, 5.74) is 2.50. The predicted octanol–water partition coefficient (Wildman–Crippen LogP) is 5.19. The van der Waals surface area contributed by atoms with Crippen LogP contribution in [-0.2, 0) is 5.41 Å². The summed E-state index contributed by atoms with van der Waals surface area (Å²) in [5, 5.41) is 9.82. The Bertz CT molecular complexity index is 565. The minimum Gasteiger partial charge on any atom is -0.389 e. The Kier molecular flexibility index (Phi) is 4.56. The highest BCUT2D eigenvalue weighted by molar-refractivity contribution is 7.99. The average Bonchev–Trinajstić information content (AvgIpc) is 2.38. The zero-order valence-corrected chi connectivity index (χ0v) is 13.4. The predicted molar refractivity (Wildman–Crippen MR) is 86.3 cm³/mol. The van der Waals surface area contributed by atoms with Gasteiger partial charge in [-0.15, -0.1) is 0 Å². The van der Waals surface area contributed by atoms with Gasteiger partial charge in [0.2, 0.25) is 0 Å². The minimum absolute atomic E-state index is 0.181. The summed E-state index contributed by atoms with van der Waals surface area (Å²) in [6, 6.07) is 16.7. The summed E-state index contributed by atoms with van der Waals surface area (Å²) in [7, 11) is 0. The Morgan fingerprint density at radius 3 is 2.10 bits per heavy atom. The van der Waals surface area contributed by atoms with Crippen molar-refractivity contribution < 1.29 is 5.11 Å². The number of hydrogen-bond donors (Lipinski definition) is 1. The van der Waals surface area contributed by atoms with Crippen LogP contribution in [-0.4, -0.2) is 5.11 Å². The molecule has 0 radical (unpaired) electrons. The first kappa shape index (κ1) is 15.1. The molecule has 1 nitrogen and oxygen atoms in total. The quantitative estimate of drug-likeness (QED) is 0.838. The van der Waals surface area contributed by atoms with Crippen LogP contribution in [0.5, 0.6) is 0 Å². The summed E-state index contributed by atoms with van der Waals surface area (Å²) in [4.78, 5) is 2.32. The number of benzene rings is 2. The third kappa shape index (κ3) is 3.65. The molecule has 0 saturated heterocycles. The van der Waals surface area contributed by atoms with E-state index in [1.165, 1.54) is 10.5 Å². The van der Waals surface area contributed by atoms with E-state index < -0.39 is 6.10 Å². The van der Waals surface area contributed by atoms with E-state index in [0.29, 0.717) is 0 Å². The van der Waals surface area contributed by atoms with Crippen LogP contribution in [0.2, 0.25) is 0 Å². The van der Waals surface area contributed by atoms with Crippen LogP contribution in [0.4, 0.5) is 0 Å². The van der Waals surface area contributed by atoms with E-state index in [-0.39, 0.29) is 5.41 Å². The summed E-state index contributed by atoms with van der Waals surface area (Å²) < 4.78 is 0. The molecule has 0 fully saturated rings. The number of rotatable bonds is 3. The lowest BCUT2D eigenvalue weighted by Crippen LogP contribution is -2.10. The second kappa shape index (κ2) is 6.02. The Morgan fingerprint density at radius 1 is 0.950 bits per heavy atom. The normalized spacial score (nSPS) is 13.2. The fourth-order valence-electron chi connectivity index (χ4n) is 2.07. The van der Waals surface area contributed by atoms with Crippen LogP contribution < -0.4 is 0 Å². The van der Waals surface area contributed by atoms with Crippen molar-refractivity contribution in [2.45, 2.75) is 49.0 Å². The molecule has 0 spiro atoms. The van der Waals surface area contributed by atoms with E-state index in [0.717, 1.165) is 10.5 Å². The molecule has 0 aliphatic carbocycles. The number of aliphatic hydroxyl groups excluding tert-OH is 1. The molecule has 1 N–H and O–H groups in total. The van der Waals surface area contributed by atoms with Crippen LogP contribution in [0.25, 0.3) is 0 Å². The molecule has 106 valence electrons. The molecule has 0 aliphatic heterocycles. The van der Waals surface area contributed by atoms with Gasteiger partial charge in [0.05, 0.1) is 6.10 Å². The second-order valence-corrected chi connectivity index (χ2v) is 7.21. The van der Waals surface area contributed by atoms with E-state index in [9.17, 15) is 5.11 Å². The van der Waals surface area contributed by atoms with Crippen molar-refractivity contribution in [1.82, 2.24) is 0 Å². The van der Waals surface area contributed by atoms with Crippen molar-refractivity contribution in [3.63, 3.8) is 0 Å². The molecule has 0 aliphatic rings. The standard InChI is InChI=1S/C18H22OS/c1-13(19)16-7-5-6-8-17(16)20-15-11-9-14(10-12-15)18(2,3)4/h5-13,19H,1-4H3. The molecule has 1 unspecified atom stereocenters. The van der Waals surface area contributed by atoms with Crippen molar-refractivity contribution in [3.8, 4) is 0 Å². The van der Waals surface area contributed by atoms with Gasteiger partial charge >= 0.3 is 0 Å². The van der Waals surface area contributed by atoms with Crippen LogP contribution in [0, 0.1) is 0 Å². The summed E-state index contributed by atoms with van der Waals surface area (Å²) >= 11 is 1.70. The molecule has 2 heteroatoms. The van der Waals surface area contributed by atoms with Gasteiger partial charge < -0.3 is 5.11 Å². The maximum atomic E-state index is 9.82. The maximum Gasteiger partial charge on any atom is 0.0772 e. The van der Waals surface area contributed by atoms with Crippen molar-refractivity contribution in [1.29, 1.82) is 0 Å². The molecule has 2 rings (SSSR count). The molecule has 0 heterocycles. The Labute approximate surface area is 126 Å². The van der Waals surface area contributed by atoms with Gasteiger partial charge in [-0.2, -0.15) is 0 Å². The van der Waals surface area contributed by atoms with Crippen LogP contribution in [0.15, 0.2) is 58.3 Å². The summed E-state index contributed by atoms with van der Waals surface area (Å²) in [6.45, 7) is 8.47. The topological polar surface area (TPSA) is 20.2 Å². The van der Waals surface area contributed by atoms with Crippen molar-refractivity contribution >= 4 is 11.8 Å². The van der Waals surface area contributed by atoms with Gasteiger partial charge in [-0.25, -0.2) is 0 Å². The Balaban J connectivity index is 2.23. The highest BCUT2D eigenvalue weighted by Gasteiger charge is 2.13. The number of hydrogen-bond acceptors (Lipinski definition) is 2. The third-order valence-corrected chi connectivity index (χ3v) is 4.42. The molecular formula is C18H22OS. The first-order chi connectivity index (χ1) is 9.38. The van der Waals surface area contributed by atoms with Crippen LogP contribution in [0.3, 0.4) is 0 Å². The van der Waals surface area contributed by atoms with Crippen LogP contribution in [0.1, 0.15) is 44.9 Å². The van der Waals surface area contributed by atoms with E-state index >= 15 is 0 Å². The van der Waals surface area contributed by atoms with E-state index in [1.807, 2.05) is 25.1 Å². The molecule has 2 aromatic rings. The third-order valence-electron chi connectivity index (χ3n) is 3.32. The molecule has 20 heavy (non-hydrogen) atoms. The fourth-order valence-corrected chi connectivity index (χ4v) is 3.10. The van der Waals surface area contributed by atoms with Gasteiger partial charge in [-0.05, 0) is 41.7 Å². The molecule has 0 amide bonds. The van der Waals surface area contributed by atoms with E-state index in [1.54, 1.807) is 11.8 Å². The van der Waals surface area contributed by atoms with Gasteiger partial charge in [-0.3, -0.25) is 0 Å². The smallest absolute Gasteiger partial charge is 0.0772 e. The zero-order valence-electron chi connectivity index (χ0n) is 12.6. The molecule has 0 aromatic heterocycles. The van der Waals surface area contributed by atoms with Crippen molar-refractivity contribution in [2.75, 3.05) is 0 Å². The molecular weight excluding hydrogens is 264 g/mol. The van der Waals surface area contributed by atoms with E-state index in [2.05, 4.69) is 51.1 Å². The van der Waals surface area contributed by atoms with Gasteiger partial charge in [0.15, 0.2) is 0 Å². The molecule has 1 atom stereocenters. The lowest BCUT2D eigenvalue weighted by Gasteiger charge is -2.19. The molecule has 0 saturated carbocycles. The lowest BCUT2D eigenvalue weighted by molar-refractivity contribution is 0.196. The highest BCUT2D eigenvalue weighted by atomic mass is 32.2. The Morgan fingerprint density at radius 2 is 1.55 bits per heavy atom. The van der Waals surface area contributed by atoms with Gasteiger partial charge in [-0.1, -0.05) is 62.9 Å². The lowest BCUT2D eigenvalue weighted by atomic mass is 9.87. The van der Waals surface area contributed by atoms with Gasteiger partial charge in [0.25, 0.3) is 0 Å². The van der Waals surface area contributed by atoms with Gasteiger partial charge in [0.1, 0.15) is 0 Å².